The van der Waals surface area contributed by atoms with E-state index in [0.29, 0.717) is 11.5 Å². The number of carbonyl (C=O) groups excluding carboxylic acids is 1. The molecule has 1 aromatic carbocycles. The maximum Gasteiger partial charge on any atom is 0.277 e. The first-order chi connectivity index (χ1) is 14.0. The molecule has 1 atom stereocenters. The van der Waals surface area contributed by atoms with Crippen LogP contribution in [0.3, 0.4) is 0 Å². The van der Waals surface area contributed by atoms with Crippen molar-refractivity contribution in [2.24, 2.45) is 0 Å². The second kappa shape index (κ2) is 7.76. The number of piperazine rings is 1. The van der Waals surface area contributed by atoms with Gasteiger partial charge in [-0.05, 0) is 19.1 Å². The highest BCUT2D eigenvalue weighted by Crippen LogP contribution is 2.34. The van der Waals surface area contributed by atoms with E-state index >= 15 is 0 Å². The lowest BCUT2D eigenvalue weighted by Gasteiger charge is -2.35. The van der Waals surface area contributed by atoms with Gasteiger partial charge >= 0.3 is 0 Å². The van der Waals surface area contributed by atoms with E-state index in [2.05, 4.69) is 37.6 Å². The Morgan fingerprint density at radius 3 is 2.86 bits per heavy atom. The van der Waals surface area contributed by atoms with Gasteiger partial charge < -0.3 is 21.3 Å². The van der Waals surface area contributed by atoms with Gasteiger partial charge in [-0.2, -0.15) is 5.10 Å². The number of aromatic amines is 1. The van der Waals surface area contributed by atoms with E-state index < -0.39 is 17.5 Å². The molecular formula is C18H19F2N7OS. The van der Waals surface area contributed by atoms with Gasteiger partial charge in [0.15, 0.2) is 5.69 Å². The van der Waals surface area contributed by atoms with Crippen molar-refractivity contribution in [3.05, 3.63) is 41.7 Å². The molecule has 8 nitrogen and oxygen atoms in total. The molecule has 1 saturated heterocycles. The van der Waals surface area contributed by atoms with Crippen molar-refractivity contribution in [1.82, 2.24) is 20.5 Å². The summed E-state index contributed by atoms with van der Waals surface area (Å²) in [5, 5.41) is 13.1. The average Bonchev–Trinajstić information content (AvgIpc) is 3.28. The molecule has 1 aliphatic rings. The normalized spacial score (nSPS) is 16.8. The quantitative estimate of drug-likeness (QED) is 0.517. The van der Waals surface area contributed by atoms with Crippen molar-refractivity contribution >= 4 is 33.8 Å². The summed E-state index contributed by atoms with van der Waals surface area (Å²) in [6.45, 7) is 4.43. The maximum atomic E-state index is 14.0. The molecule has 0 spiro atoms. The molecule has 152 valence electrons. The number of hydrogen-bond acceptors (Lipinski definition) is 7. The number of nitrogens with two attached hydrogens (primary N) is 1. The van der Waals surface area contributed by atoms with E-state index in [0.717, 1.165) is 43.1 Å². The Morgan fingerprint density at radius 2 is 2.14 bits per heavy atom. The molecular weight excluding hydrogens is 400 g/mol. The van der Waals surface area contributed by atoms with Gasteiger partial charge in [-0.3, -0.25) is 9.89 Å². The number of amides is 1. The number of nitrogen functional groups attached to an aromatic ring is 1. The number of thiazole rings is 1. The summed E-state index contributed by atoms with van der Waals surface area (Å²) in [6, 6.07) is 3.72. The Kier molecular flexibility index (Phi) is 5.16. The molecule has 0 bridgehead atoms. The lowest BCUT2D eigenvalue weighted by Crippen LogP contribution is -2.50. The van der Waals surface area contributed by atoms with Gasteiger partial charge in [0, 0.05) is 25.7 Å². The van der Waals surface area contributed by atoms with Crippen LogP contribution >= 0.6 is 11.3 Å². The van der Waals surface area contributed by atoms with Gasteiger partial charge in [0.05, 0.1) is 11.8 Å². The number of benzene rings is 1. The molecule has 1 fully saturated rings. The predicted octanol–water partition coefficient (Wildman–Crippen LogP) is 2.44. The number of anilines is 3. The summed E-state index contributed by atoms with van der Waals surface area (Å²) in [7, 11) is 0. The van der Waals surface area contributed by atoms with Gasteiger partial charge in [-0.25, -0.2) is 13.8 Å². The minimum absolute atomic E-state index is 0.00592. The molecule has 11 heteroatoms. The van der Waals surface area contributed by atoms with E-state index in [4.69, 9.17) is 5.73 Å². The van der Waals surface area contributed by atoms with Gasteiger partial charge in [0.2, 0.25) is 0 Å². The third-order valence-corrected chi connectivity index (χ3v) is 5.60. The fourth-order valence-electron chi connectivity index (χ4n) is 3.25. The Hall–Kier alpha value is -3.05. The predicted molar refractivity (Wildman–Crippen MR) is 108 cm³/mol. The molecule has 1 unspecified atom stereocenters. The van der Waals surface area contributed by atoms with Crippen LogP contribution in [0.5, 0.6) is 0 Å². The zero-order chi connectivity index (χ0) is 20.5. The minimum Gasteiger partial charge on any atom is -0.389 e. The molecule has 4 rings (SSSR count). The standard InChI is InChI=1S/C18H19F2N7OS/c1-9-7-22-5-6-27(9)16-12(8-23-26-16)24-17(28)14-15(21)29-18(25-14)13-10(19)3-2-4-11(13)20/h2-4,8-9,22H,5-7,21H2,1H3,(H,23,26)(H,24,28). The van der Waals surface area contributed by atoms with Crippen LogP contribution in [-0.4, -0.2) is 46.8 Å². The van der Waals surface area contributed by atoms with E-state index in [1.54, 1.807) is 0 Å². The SMILES string of the molecule is CC1CNCCN1c1[nH]ncc1NC(=O)c1nc(-c2c(F)cccc2F)sc1N. The first-order valence-electron chi connectivity index (χ1n) is 8.98. The van der Waals surface area contributed by atoms with Crippen molar-refractivity contribution < 1.29 is 13.6 Å². The van der Waals surface area contributed by atoms with Crippen LogP contribution < -0.4 is 21.3 Å². The van der Waals surface area contributed by atoms with Crippen LogP contribution in [0, 0.1) is 11.6 Å². The monoisotopic (exact) mass is 419 g/mol. The number of aromatic nitrogens is 3. The van der Waals surface area contributed by atoms with Crippen molar-refractivity contribution in [2.45, 2.75) is 13.0 Å². The molecule has 5 N–H and O–H groups in total. The lowest BCUT2D eigenvalue weighted by atomic mass is 10.2. The van der Waals surface area contributed by atoms with Crippen LogP contribution in [0.15, 0.2) is 24.4 Å². The van der Waals surface area contributed by atoms with Crippen molar-refractivity contribution in [1.29, 1.82) is 0 Å². The number of nitrogens with zero attached hydrogens (tertiary/aromatic N) is 3. The Bertz CT molecular complexity index is 1030. The van der Waals surface area contributed by atoms with Crippen molar-refractivity contribution in [2.75, 3.05) is 35.6 Å². The fourth-order valence-corrected chi connectivity index (χ4v) is 4.13. The topological polar surface area (TPSA) is 112 Å². The Balaban J connectivity index is 1.59. The number of rotatable bonds is 4. The molecule has 3 heterocycles. The molecule has 1 aliphatic heterocycles. The van der Waals surface area contributed by atoms with E-state index in [1.165, 1.54) is 12.3 Å². The summed E-state index contributed by atoms with van der Waals surface area (Å²) in [6.07, 6.45) is 1.50. The lowest BCUT2D eigenvalue weighted by molar-refractivity contribution is 0.102. The smallest absolute Gasteiger partial charge is 0.277 e. The van der Waals surface area contributed by atoms with Gasteiger partial charge in [-0.1, -0.05) is 17.4 Å². The summed E-state index contributed by atoms with van der Waals surface area (Å²) in [4.78, 5) is 18.9. The fraction of sp³-hybridized carbons (Fsp3) is 0.278. The number of carbonyl (C=O) groups is 1. The summed E-state index contributed by atoms with van der Waals surface area (Å²) < 4.78 is 28.1. The summed E-state index contributed by atoms with van der Waals surface area (Å²) in [5.74, 6) is -1.43. The van der Waals surface area contributed by atoms with Crippen LogP contribution in [0.1, 0.15) is 17.4 Å². The van der Waals surface area contributed by atoms with Crippen LogP contribution in [0.4, 0.5) is 25.3 Å². The molecule has 0 saturated carbocycles. The van der Waals surface area contributed by atoms with E-state index in [-0.39, 0.29) is 27.3 Å². The van der Waals surface area contributed by atoms with Gasteiger partial charge in [-0.15, -0.1) is 0 Å². The molecule has 29 heavy (non-hydrogen) atoms. The zero-order valence-electron chi connectivity index (χ0n) is 15.5. The third-order valence-electron chi connectivity index (χ3n) is 4.70. The highest BCUT2D eigenvalue weighted by molar-refractivity contribution is 7.19. The van der Waals surface area contributed by atoms with Crippen LogP contribution in [0.2, 0.25) is 0 Å². The molecule has 0 aliphatic carbocycles. The minimum atomic E-state index is -0.768. The highest BCUT2D eigenvalue weighted by atomic mass is 32.1. The maximum absolute atomic E-state index is 14.0. The van der Waals surface area contributed by atoms with Gasteiger partial charge in [0.1, 0.15) is 33.1 Å². The number of H-pyrrole nitrogens is 1. The first-order valence-corrected chi connectivity index (χ1v) is 9.80. The number of nitrogens with one attached hydrogen (secondary N) is 3. The summed E-state index contributed by atoms with van der Waals surface area (Å²) >= 11 is 0.853. The van der Waals surface area contributed by atoms with Crippen LogP contribution in [0.25, 0.3) is 10.6 Å². The number of hydrogen-bond donors (Lipinski definition) is 4. The Labute approximate surface area is 169 Å². The molecule has 1 amide bonds. The highest BCUT2D eigenvalue weighted by Gasteiger charge is 2.25. The van der Waals surface area contributed by atoms with Crippen molar-refractivity contribution in [3.8, 4) is 10.6 Å². The molecule has 3 aromatic rings. The van der Waals surface area contributed by atoms with E-state index in [9.17, 15) is 13.6 Å². The number of halogens is 2. The van der Waals surface area contributed by atoms with Gasteiger partial charge in [0.25, 0.3) is 5.91 Å². The third kappa shape index (κ3) is 3.66. The van der Waals surface area contributed by atoms with Crippen LogP contribution in [-0.2, 0) is 0 Å². The largest absolute Gasteiger partial charge is 0.389 e. The summed E-state index contributed by atoms with van der Waals surface area (Å²) in [5.41, 5.74) is 6.01. The van der Waals surface area contributed by atoms with Crippen molar-refractivity contribution in [3.63, 3.8) is 0 Å². The Morgan fingerprint density at radius 1 is 1.38 bits per heavy atom. The van der Waals surface area contributed by atoms with E-state index in [1.807, 2.05) is 0 Å². The average molecular weight is 419 g/mol. The first kappa shape index (κ1) is 19.3. The zero-order valence-corrected chi connectivity index (χ0v) is 16.3. The second-order valence-electron chi connectivity index (χ2n) is 6.66. The molecule has 2 aromatic heterocycles. The molecule has 0 radical (unpaired) electrons. The second-order valence-corrected chi connectivity index (χ2v) is 7.69.